The number of rotatable bonds is 4. The summed E-state index contributed by atoms with van der Waals surface area (Å²) in [5, 5.41) is 24.1. The molecular formula is C29H42N4O6. The molecule has 3 saturated heterocycles. The van der Waals surface area contributed by atoms with Gasteiger partial charge in [0.1, 0.15) is 22.6 Å². The van der Waals surface area contributed by atoms with Crippen molar-refractivity contribution in [1.82, 2.24) is 15.3 Å². The Kier molecular flexibility index (Phi) is 8.01. The number of ether oxygens (including phenoxy) is 2. The fourth-order valence-electron chi connectivity index (χ4n) is 5.79. The molecule has 5 rings (SSSR count). The number of hydrogen-bond donors (Lipinski definition) is 3. The van der Waals surface area contributed by atoms with E-state index in [2.05, 4.69) is 22.2 Å². The monoisotopic (exact) mass is 542 g/mol. The molecule has 1 aromatic heterocycles. The molecule has 10 heteroatoms. The van der Waals surface area contributed by atoms with Crippen LogP contribution in [0.1, 0.15) is 79.4 Å². The number of carbonyl (C=O) groups excluding carboxylic acids is 2. The maximum absolute atomic E-state index is 13.4. The van der Waals surface area contributed by atoms with E-state index in [0.717, 1.165) is 37.4 Å². The van der Waals surface area contributed by atoms with Crippen LogP contribution in [0.4, 0.5) is 15.3 Å². The van der Waals surface area contributed by atoms with Gasteiger partial charge in [0, 0.05) is 24.2 Å². The van der Waals surface area contributed by atoms with E-state index >= 15 is 0 Å². The number of phenolic OH excluding ortho intramolecular Hbond substituents is 1. The summed E-state index contributed by atoms with van der Waals surface area (Å²) in [6, 6.07) is 4.61. The van der Waals surface area contributed by atoms with Crippen LogP contribution in [0, 0.1) is 11.8 Å². The number of phenols is 1. The van der Waals surface area contributed by atoms with E-state index in [1.54, 1.807) is 59.9 Å². The smallest absolute Gasteiger partial charge is 0.434 e. The number of hydrogen-bond acceptors (Lipinski definition) is 8. The number of aromatic hydroxyl groups is 1. The molecule has 5 atom stereocenters. The molecule has 0 aliphatic carbocycles. The summed E-state index contributed by atoms with van der Waals surface area (Å²) in [6.07, 6.45) is 1.97. The fourth-order valence-corrected chi connectivity index (χ4v) is 5.79. The van der Waals surface area contributed by atoms with Crippen molar-refractivity contribution in [2.75, 3.05) is 18.1 Å². The predicted molar refractivity (Wildman–Crippen MR) is 148 cm³/mol. The highest BCUT2D eigenvalue weighted by Gasteiger charge is 2.43. The van der Waals surface area contributed by atoms with Gasteiger partial charge in [-0.1, -0.05) is 13.3 Å². The normalized spacial score (nSPS) is 23.8. The molecule has 10 nitrogen and oxygen atoms in total. The zero-order valence-electron chi connectivity index (χ0n) is 24.0. The first-order valence-corrected chi connectivity index (χ1v) is 13.7. The summed E-state index contributed by atoms with van der Waals surface area (Å²) >= 11 is 0. The third-order valence-corrected chi connectivity index (χ3v) is 7.44. The first-order chi connectivity index (χ1) is 18.2. The van der Waals surface area contributed by atoms with Crippen molar-refractivity contribution < 1.29 is 29.3 Å². The van der Waals surface area contributed by atoms with Gasteiger partial charge in [0.05, 0.1) is 11.6 Å². The molecule has 1 aromatic carbocycles. The van der Waals surface area contributed by atoms with Crippen molar-refractivity contribution >= 4 is 28.8 Å². The summed E-state index contributed by atoms with van der Waals surface area (Å²) in [5.74, 6) is 0.881. The van der Waals surface area contributed by atoms with E-state index in [9.17, 15) is 19.8 Å². The predicted octanol–water partition coefficient (Wildman–Crippen LogP) is 5.28. The third-order valence-electron chi connectivity index (χ3n) is 7.44. The highest BCUT2D eigenvalue weighted by atomic mass is 16.6. The zero-order chi connectivity index (χ0) is 28.7. The van der Waals surface area contributed by atoms with Crippen LogP contribution in [0.3, 0.4) is 0 Å². The molecule has 214 valence electrons. The van der Waals surface area contributed by atoms with Gasteiger partial charge in [-0.15, -0.1) is 0 Å². The van der Waals surface area contributed by atoms with Gasteiger partial charge < -0.3 is 19.7 Å². The average molecular weight is 543 g/mol. The molecule has 3 fully saturated rings. The minimum atomic E-state index is -0.924. The SMILES string of the molecule is CCC1CN2CC[C@@H]1C[C@@H]2[C@@H](O)c1ccnc2ccc(O)c(N(NC(=O)OC(C)(C)C)C(=O)OC(C)(C)C)c12. The number of aromatic nitrogens is 1. The number of hydrazine groups is 1. The third kappa shape index (κ3) is 6.38. The van der Waals surface area contributed by atoms with Gasteiger partial charge in [-0.2, -0.15) is 5.01 Å². The van der Waals surface area contributed by atoms with E-state index in [1.165, 1.54) is 6.07 Å². The van der Waals surface area contributed by atoms with Gasteiger partial charge in [-0.25, -0.2) is 15.0 Å². The van der Waals surface area contributed by atoms with Crippen molar-refractivity contribution in [3.05, 3.63) is 30.0 Å². The number of anilines is 1. The molecule has 3 N–H and O–H groups in total. The first kappa shape index (κ1) is 28.9. The molecule has 2 amide bonds. The van der Waals surface area contributed by atoms with Crippen LogP contribution in [0.2, 0.25) is 0 Å². The fraction of sp³-hybridized carbons (Fsp3) is 0.621. The number of aliphatic hydroxyl groups excluding tert-OH is 1. The minimum absolute atomic E-state index is 0.0443. The number of piperidine rings is 3. The first-order valence-electron chi connectivity index (χ1n) is 13.7. The maximum atomic E-state index is 13.4. The Hall–Kier alpha value is -3.11. The summed E-state index contributed by atoms with van der Waals surface area (Å²) in [7, 11) is 0. The van der Waals surface area contributed by atoms with Crippen LogP contribution >= 0.6 is 0 Å². The molecule has 0 saturated carbocycles. The quantitative estimate of drug-likeness (QED) is 0.446. The number of pyridine rings is 1. The number of aliphatic hydroxyl groups is 1. The van der Waals surface area contributed by atoms with Crippen LogP contribution in [-0.4, -0.2) is 62.6 Å². The molecule has 2 bridgehead atoms. The van der Waals surface area contributed by atoms with E-state index in [4.69, 9.17) is 9.47 Å². The summed E-state index contributed by atoms with van der Waals surface area (Å²) in [4.78, 5) is 33.1. The largest absolute Gasteiger partial charge is 0.506 e. The van der Waals surface area contributed by atoms with Crippen molar-refractivity contribution in [3.63, 3.8) is 0 Å². The standard InChI is InChI=1S/C29H42N4O6/c1-8-17-16-32-14-12-18(17)15-21(32)25(35)19-11-13-30-20-9-10-22(34)24(23(19)20)33(27(37)39-29(5,6)7)31-26(36)38-28(2,3)4/h9-11,13,17-18,21,25,34-35H,8,12,14-16H2,1-7H3,(H,31,36)/t17?,18-,21-,25+/m1/s1. The molecule has 2 aromatic rings. The van der Waals surface area contributed by atoms with Gasteiger partial charge in [-0.05, 0) is 96.5 Å². The molecule has 0 radical (unpaired) electrons. The Morgan fingerprint density at radius 3 is 2.44 bits per heavy atom. The number of carbonyl (C=O) groups is 2. The van der Waals surface area contributed by atoms with Gasteiger partial charge in [0.25, 0.3) is 0 Å². The number of fused-ring (bicyclic) bond motifs is 4. The lowest BCUT2D eigenvalue weighted by molar-refractivity contribution is -0.0562. The lowest BCUT2D eigenvalue weighted by Crippen LogP contribution is -2.55. The van der Waals surface area contributed by atoms with Crippen LogP contribution in [0.5, 0.6) is 5.75 Å². The van der Waals surface area contributed by atoms with Crippen molar-refractivity contribution in [3.8, 4) is 5.75 Å². The van der Waals surface area contributed by atoms with Gasteiger partial charge in [0.2, 0.25) is 0 Å². The summed E-state index contributed by atoms with van der Waals surface area (Å²) in [6.45, 7) is 14.3. The number of nitrogens with zero attached hydrogens (tertiary/aromatic N) is 3. The number of benzene rings is 1. The summed E-state index contributed by atoms with van der Waals surface area (Å²) in [5.41, 5.74) is 1.63. The van der Waals surface area contributed by atoms with Crippen LogP contribution < -0.4 is 10.4 Å². The van der Waals surface area contributed by atoms with E-state index in [1.807, 2.05) is 0 Å². The number of nitrogens with one attached hydrogen (secondary N) is 1. The Bertz CT molecular complexity index is 1220. The lowest BCUT2D eigenvalue weighted by Gasteiger charge is -2.51. The molecule has 0 spiro atoms. The highest BCUT2D eigenvalue weighted by Crippen LogP contribution is 2.45. The highest BCUT2D eigenvalue weighted by molar-refractivity contribution is 6.05. The van der Waals surface area contributed by atoms with Crippen molar-refractivity contribution in [2.24, 2.45) is 11.8 Å². The molecule has 4 heterocycles. The molecular weight excluding hydrogens is 500 g/mol. The van der Waals surface area contributed by atoms with Crippen LogP contribution in [0.25, 0.3) is 10.9 Å². The molecule has 39 heavy (non-hydrogen) atoms. The van der Waals surface area contributed by atoms with Crippen LogP contribution in [0.15, 0.2) is 24.4 Å². The van der Waals surface area contributed by atoms with E-state index < -0.39 is 29.5 Å². The maximum Gasteiger partial charge on any atom is 0.434 e. The average Bonchev–Trinajstić information content (AvgIpc) is 2.84. The van der Waals surface area contributed by atoms with Crippen molar-refractivity contribution in [2.45, 2.75) is 91.1 Å². The molecule has 2 unspecified atom stereocenters. The van der Waals surface area contributed by atoms with E-state index in [0.29, 0.717) is 28.3 Å². The molecule has 3 aliphatic heterocycles. The topological polar surface area (TPSA) is 124 Å². The molecule has 3 aliphatic rings. The Balaban J connectivity index is 1.81. The van der Waals surface area contributed by atoms with Gasteiger partial charge in [0.15, 0.2) is 0 Å². The Labute approximate surface area is 230 Å². The van der Waals surface area contributed by atoms with E-state index in [-0.39, 0.29) is 17.5 Å². The zero-order valence-corrected chi connectivity index (χ0v) is 24.0. The number of amides is 2. The summed E-state index contributed by atoms with van der Waals surface area (Å²) < 4.78 is 11.0. The van der Waals surface area contributed by atoms with Gasteiger partial charge >= 0.3 is 12.2 Å². The van der Waals surface area contributed by atoms with Crippen molar-refractivity contribution in [1.29, 1.82) is 0 Å². The second-order valence-corrected chi connectivity index (χ2v) is 12.6. The Morgan fingerprint density at radius 2 is 1.85 bits per heavy atom. The van der Waals surface area contributed by atoms with Gasteiger partial charge in [-0.3, -0.25) is 9.88 Å². The second-order valence-electron chi connectivity index (χ2n) is 12.6. The minimum Gasteiger partial charge on any atom is -0.506 e. The Morgan fingerprint density at radius 1 is 1.15 bits per heavy atom. The lowest BCUT2D eigenvalue weighted by atomic mass is 9.72. The van der Waals surface area contributed by atoms with Crippen LogP contribution in [-0.2, 0) is 9.47 Å². The second kappa shape index (κ2) is 10.8.